The van der Waals surface area contributed by atoms with Crippen molar-refractivity contribution in [2.24, 2.45) is 5.92 Å². The number of aliphatic hydroxyl groups is 2. The van der Waals surface area contributed by atoms with Crippen molar-refractivity contribution >= 4 is 5.97 Å². The van der Waals surface area contributed by atoms with Gasteiger partial charge >= 0.3 is 5.97 Å². The summed E-state index contributed by atoms with van der Waals surface area (Å²) in [6, 6.07) is 0. The molecule has 7 nitrogen and oxygen atoms in total. The molecule has 1 heterocycles. The van der Waals surface area contributed by atoms with Crippen LogP contribution in [0.3, 0.4) is 0 Å². The molecule has 3 N–H and O–H groups in total. The van der Waals surface area contributed by atoms with Gasteiger partial charge in [0.05, 0.1) is 18.8 Å². The number of hydrogen-bond acceptors (Lipinski definition) is 6. The summed E-state index contributed by atoms with van der Waals surface area (Å²) in [7, 11) is 1.35. The lowest BCUT2D eigenvalue weighted by Gasteiger charge is -2.40. The second kappa shape index (κ2) is 6.27. The van der Waals surface area contributed by atoms with Crippen LogP contribution in [-0.4, -0.2) is 66.2 Å². The second-order valence-electron chi connectivity index (χ2n) is 4.03. The normalized spacial score (nSPS) is 38.0. The Morgan fingerprint density at radius 2 is 2.00 bits per heavy atom. The van der Waals surface area contributed by atoms with Crippen LogP contribution >= 0.6 is 0 Å². The Morgan fingerprint density at radius 3 is 2.53 bits per heavy atom. The summed E-state index contributed by atoms with van der Waals surface area (Å²) in [5, 5.41) is 27.8. The first-order chi connectivity index (χ1) is 7.97. The van der Waals surface area contributed by atoms with E-state index in [1.807, 2.05) is 0 Å². The molecule has 1 saturated heterocycles. The molecule has 1 aliphatic heterocycles. The van der Waals surface area contributed by atoms with Crippen LogP contribution in [0.5, 0.6) is 0 Å². The molecule has 0 aromatic rings. The van der Waals surface area contributed by atoms with Crippen molar-refractivity contribution < 1.29 is 34.3 Å². The highest BCUT2D eigenvalue weighted by Crippen LogP contribution is 2.26. The first kappa shape index (κ1) is 14.3. The van der Waals surface area contributed by atoms with Crippen molar-refractivity contribution in [1.82, 2.24) is 0 Å². The molecular formula is C10H18O7. The van der Waals surface area contributed by atoms with Crippen LogP contribution in [0.15, 0.2) is 0 Å². The number of carbonyl (C=O) groups is 1. The zero-order valence-electron chi connectivity index (χ0n) is 9.78. The summed E-state index contributed by atoms with van der Waals surface area (Å²) in [5.41, 5.74) is 0. The van der Waals surface area contributed by atoms with Gasteiger partial charge in [-0.3, -0.25) is 0 Å². The van der Waals surface area contributed by atoms with E-state index in [2.05, 4.69) is 0 Å². The van der Waals surface area contributed by atoms with Gasteiger partial charge < -0.3 is 29.5 Å². The Balaban J connectivity index is 2.50. The maximum atomic E-state index is 10.3. The van der Waals surface area contributed by atoms with Crippen molar-refractivity contribution in [2.45, 2.75) is 31.5 Å². The molecule has 1 rings (SSSR count). The van der Waals surface area contributed by atoms with Gasteiger partial charge in [0.2, 0.25) is 0 Å². The molecule has 100 valence electrons. The molecule has 2 unspecified atom stereocenters. The standard InChI is InChI=1S/C10H18O7/c1-5-6(3-16-4-7(11)12)17-10(15-2)9(14)8(5)13/h5-6,8-10,13-14H,3-4H2,1-2H3,(H,11,12)/t5-,6?,8+,9?,10+/m1/s1. The van der Waals surface area contributed by atoms with Crippen LogP contribution in [0, 0.1) is 5.92 Å². The quantitative estimate of drug-likeness (QED) is 0.563. The summed E-state index contributed by atoms with van der Waals surface area (Å²) in [6.45, 7) is 1.29. The first-order valence-corrected chi connectivity index (χ1v) is 5.31. The summed E-state index contributed by atoms with van der Waals surface area (Å²) in [4.78, 5) is 10.3. The van der Waals surface area contributed by atoms with Gasteiger partial charge in [0.15, 0.2) is 6.29 Å². The van der Waals surface area contributed by atoms with Crippen LogP contribution in [0.1, 0.15) is 6.92 Å². The van der Waals surface area contributed by atoms with Crippen molar-refractivity contribution in [1.29, 1.82) is 0 Å². The zero-order valence-corrected chi connectivity index (χ0v) is 9.78. The van der Waals surface area contributed by atoms with E-state index in [1.54, 1.807) is 6.92 Å². The summed E-state index contributed by atoms with van der Waals surface area (Å²) < 4.78 is 15.1. The Kier molecular flexibility index (Phi) is 5.29. The fourth-order valence-electron chi connectivity index (χ4n) is 1.72. The largest absolute Gasteiger partial charge is 0.480 e. The predicted molar refractivity (Wildman–Crippen MR) is 55.3 cm³/mol. The highest BCUT2D eigenvalue weighted by molar-refractivity contribution is 5.67. The third-order valence-corrected chi connectivity index (χ3v) is 2.80. The van der Waals surface area contributed by atoms with Crippen LogP contribution in [0.4, 0.5) is 0 Å². The number of aliphatic hydroxyl groups excluding tert-OH is 2. The van der Waals surface area contributed by atoms with E-state index in [4.69, 9.17) is 19.3 Å². The van der Waals surface area contributed by atoms with Gasteiger partial charge in [-0.15, -0.1) is 0 Å². The zero-order chi connectivity index (χ0) is 13.0. The van der Waals surface area contributed by atoms with Gasteiger partial charge in [-0.25, -0.2) is 4.79 Å². The fraction of sp³-hybridized carbons (Fsp3) is 0.900. The first-order valence-electron chi connectivity index (χ1n) is 5.31. The molecule has 0 amide bonds. The molecule has 5 atom stereocenters. The van der Waals surface area contributed by atoms with E-state index in [9.17, 15) is 15.0 Å². The highest BCUT2D eigenvalue weighted by Gasteiger charge is 2.42. The highest BCUT2D eigenvalue weighted by atomic mass is 16.7. The predicted octanol–water partition coefficient (Wildman–Crippen LogP) is -1.18. The summed E-state index contributed by atoms with van der Waals surface area (Å²) in [6.07, 6.45) is -3.56. The monoisotopic (exact) mass is 250 g/mol. The SMILES string of the molecule is CO[C@H]1OC(COCC(=O)O)[C@@H](C)[C@H](O)C1O. The lowest BCUT2D eigenvalue weighted by atomic mass is 9.91. The minimum Gasteiger partial charge on any atom is -0.480 e. The van der Waals surface area contributed by atoms with Crippen molar-refractivity contribution in [2.75, 3.05) is 20.3 Å². The maximum absolute atomic E-state index is 10.3. The van der Waals surface area contributed by atoms with Crippen molar-refractivity contribution in [3.05, 3.63) is 0 Å². The lowest BCUT2D eigenvalue weighted by molar-refractivity contribution is -0.282. The van der Waals surface area contributed by atoms with Gasteiger partial charge in [0.1, 0.15) is 12.7 Å². The average molecular weight is 250 g/mol. The van der Waals surface area contributed by atoms with E-state index < -0.39 is 37.2 Å². The van der Waals surface area contributed by atoms with Gasteiger partial charge in [0.25, 0.3) is 0 Å². The van der Waals surface area contributed by atoms with Crippen molar-refractivity contribution in [3.8, 4) is 0 Å². The molecule has 7 heteroatoms. The van der Waals surface area contributed by atoms with Gasteiger partial charge in [-0.1, -0.05) is 6.92 Å². The van der Waals surface area contributed by atoms with Crippen LogP contribution in [-0.2, 0) is 19.0 Å². The molecule has 0 bridgehead atoms. The van der Waals surface area contributed by atoms with E-state index in [0.29, 0.717) is 0 Å². The number of carboxylic acids is 1. The van der Waals surface area contributed by atoms with E-state index in [0.717, 1.165) is 0 Å². The molecule has 0 aliphatic carbocycles. The third-order valence-electron chi connectivity index (χ3n) is 2.80. The molecule has 0 aromatic carbocycles. The lowest BCUT2D eigenvalue weighted by Crippen LogP contribution is -2.55. The fourth-order valence-corrected chi connectivity index (χ4v) is 1.72. The minimum absolute atomic E-state index is 0.0249. The van der Waals surface area contributed by atoms with E-state index >= 15 is 0 Å². The summed E-state index contributed by atoms with van der Waals surface area (Å²) in [5.74, 6) is -1.44. The maximum Gasteiger partial charge on any atom is 0.329 e. The van der Waals surface area contributed by atoms with Crippen LogP contribution < -0.4 is 0 Å². The number of carboxylic acid groups (broad SMARTS) is 1. The van der Waals surface area contributed by atoms with E-state index in [1.165, 1.54) is 7.11 Å². The number of rotatable bonds is 5. The number of aliphatic carboxylic acids is 1. The van der Waals surface area contributed by atoms with Crippen molar-refractivity contribution in [3.63, 3.8) is 0 Å². The van der Waals surface area contributed by atoms with Crippen LogP contribution in [0.25, 0.3) is 0 Å². The second-order valence-corrected chi connectivity index (χ2v) is 4.03. The Bertz CT molecular complexity index is 255. The smallest absolute Gasteiger partial charge is 0.329 e. The third kappa shape index (κ3) is 3.62. The molecule has 1 aliphatic rings. The molecule has 0 aromatic heterocycles. The number of ether oxygens (including phenoxy) is 3. The summed E-state index contributed by atoms with van der Waals surface area (Å²) >= 11 is 0. The molecule has 1 fully saturated rings. The topological polar surface area (TPSA) is 105 Å². The Morgan fingerprint density at radius 1 is 1.35 bits per heavy atom. The number of hydrogen-bond donors (Lipinski definition) is 3. The average Bonchev–Trinajstić information content (AvgIpc) is 2.29. The minimum atomic E-state index is -1.12. The Hall–Kier alpha value is -0.730. The van der Waals surface area contributed by atoms with Gasteiger partial charge in [-0.05, 0) is 0 Å². The van der Waals surface area contributed by atoms with E-state index in [-0.39, 0.29) is 12.5 Å². The molecular weight excluding hydrogens is 232 g/mol. The van der Waals surface area contributed by atoms with Gasteiger partial charge in [0, 0.05) is 13.0 Å². The number of methoxy groups -OCH3 is 1. The molecule has 0 saturated carbocycles. The molecule has 0 spiro atoms. The molecule has 0 radical (unpaired) electrons. The molecule has 17 heavy (non-hydrogen) atoms. The van der Waals surface area contributed by atoms with Crippen LogP contribution in [0.2, 0.25) is 0 Å². The van der Waals surface area contributed by atoms with Gasteiger partial charge in [-0.2, -0.15) is 0 Å². The Labute approximate surface area is 98.9 Å².